The summed E-state index contributed by atoms with van der Waals surface area (Å²) in [4.78, 5) is 15.3. The molecule has 0 spiro atoms. The first-order chi connectivity index (χ1) is 13.0. The van der Waals surface area contributed by atoms with E-state index in [2.05, 4.69) is 11.4 Å². The first kappa shape index (κ1) is 18.6. The highest BCUT2D eigenvalue weighted by atomic mass is 32.1. The standard InChI is InChI=1S/C22H26FNO2S/c1-15(25)18-8-9-19(27-18)21(10-2-3-11-21)14-24-20(26)22(12-13-22)16-4-6-17(23)7-5-16/h4-9,15,25H,2-3,10-14H2,1H3,(H,24,26)/t15-/m0/s1. The largest absolute Gasteiger partial charge is 0.388 e. The van der Waals surface area contributed by atoms with Gasteiger partial charge in [0, 0.05) is 21.7 Å². The minimum absolute atomic E-state index is 0.0215. The van der Waals surface area contributed by atoms with Gasteiger partial charge in [-0.3, -0.25) is 4.79 Å². The van der Waals surface area contributed by atoms with Crippen LogP contribution in [-0.4, -0.2) is 17.6 Å². The van der Waals surface area contributed by atoms with Gasteiger partial charge in [-0.1, -0.05) is 25.0 Å². The number of benzene rings is 1. The fourth-order valence-electron chi connectivity index (χ4n) is 4.38. The maximum absolute atomic E-state index is 13.2. The van der Waals surface area contributed by atoms with Crippen LogP contribution in [0.5, 0.6) is 0 Å². The number of carbonyl (C=O) groups is 1. The van der Waals surface area contributed by atoms with Gasteiger partial charge in [0.05, 0.1) is 11.5 Å². The lowest BCUT2D eigenvalue weighted by Gasteiger charge is -2.29. The summed E-state index contributed by atoms with van der Waals surface area (Å²) in [6, 6.07) is 10.5. The number of carbonyl (C=O) groups excluding carboxylic acids is 1. The summed E-state index contributed by atoms with van der Waals surface area (Å²) in [5, 5.41) is 13.1. The molecule has 2 aliphatic carbocycles. The Bertz CT molecular complexity index is 817. The smallest absolute Gasteiger partial charge is 0.230 e. The van der Waals surface area contributed by atoms with E-state index in [4.69, 9.17) is 0 Å². The topological polar surface area (TPSA) is 49.3 Å². The number of thiophene rings is 1. The average Bonchev–Trinajstić information content (AvgIpc) is 3.08. The number of nitrogens with one attached hydrogen (secondary N) is 1. The van der Waals surface area contributed by atoms with E-state index in [1.54, 1.807) is 30.4 Å². The highest BCUT2D eigenvalue weighted by molar-refractivity contribution is 7.12. The maximum Gasteiger partial charge on any atom is 0.230 e. The Morgan fingerprint density at radius 1 is 1.15 bits per heavy atom. The lowest BCUT2D eigenvalue weighted by molar-refractivity contribution is -0.123. The minimum Gasteiger partial charge on any atom is -0.388 e. The van der Waals surface area contributed by atoms with Crippen molar-refractivity contribution in [1.82, 2.24) is 5.32 Å². The summed E-state index contributed by atoms with van der Waals surface area (Å²) in [5.74, 6) is -0.209. The molecule has 144 valence electrons. The first-order valence-electron chi connectivity index (χ1n) is 9.78. The number of rotatable bonds is 6. The molecule has 2 saturated carbocycles. The fourth-order valence-corrected chi connectivity index (χ4v) is 5.57. The molecule has 0 unspecified atom stereocenters. The molecule has 2 aliphatic rings. The molecule has 0 bridgehead atoms. The second-order valence-corrected chi connectivity index (χ2v) is 9.25. The van der Waals surface area contributed by atoms with Gasteiger partial charge in [-0.05, 0) is 62.4 Å². The van der Waals surface area contributed by atoms with Crippen LogP contribution >= 0.6 is 11.3 Å². The summed E-state index contributed by atoms with van der Waals surface area (Å²) in [7, 11) is 0. The summed E-state index contributed by atoms with van der Waals surface area (Å²) in [6.07, 6.45) is 5.66. The Labute approximate surface area is 163 Å². The third kappa shape index (κ3) is 3.43. The Hall–Kier alpha value is -1.72. The van der Waals surface area contributed by atoms with Crippen molar-refractivity contribution in [2.45, 2.75) is 62.4 Å². The Morgan fingerprint density at radius 3 is 2.37 bits per heavy atom. The van der Waals surface area contributed by atoms with Gasteiger partial charge in [-0.15, -0.1) is 11.3 Å². The van der Waals surface area contributed by atoms with E-state index in [0.717, 1.165) is 36.1 Å². The molecule has 2 N–H and O–H groups in total. The summed E-state index contributed by atoms with van der Waals surface area (Å²) in [5.41, 5.74) is 0.412. The zero-order valence-electron chi connectivity index (χ0n) is 15.6. The van der Waals surface area contributed by atoms with Crippen molar-refractivity contribution < 1.29 is 14.3 Å². The van der Waals surface area contributed by atoms with Crippen molar-refractivity contribution in [2.24, 2.45) is 0 Å². The molecule has 2 fully saturated rings. The van der Waals surface area contributed by atoms with E-state index in [0.29, 0.717) is 6.54 Å². The molecule has 4 rings (SSSR count). The van der Waals surface area contributed by atoms with Gasteiger partial charge in [0.15, 0.2) is 0 Å². The van der Waals surface area contributed by atoms with Crippen LogP contribution in [0.3, 0.4) is 0 Å². The van der Waals surface area contributed by atoms with Gasteiger partial charge in [0.25, 0.3) is 0 Å². The second-order valence-electron chi connectivity index (χ2n) is 8.14. The predicted molar refractivity (Wildman–Crippen MR) is 105 cm³/mol. The van der Waals surface area contributed by atoms with E-state index in [1.807, 2.05) is 6.07 Å². The van der Waals surface area contributed by atoms with Crippen molar-refractivity contribution in [3.8, 4) is 0 Å². The molecule has 0 radical (unpaired) electrons. The molecule has 0 saturated heterocycles. The zero-order valence-corrected chi connectivity index (χ0v) is 16.4. The lowest BCUT2D eigenvalue weighted by atomic mass is 9.84. The highest BCUT2D eigenvalue weighted by Gasteiger charge is 2.51. The maximum atomic E-state index is 13.2. The Morgan fingerprint density at radius 2 is 1.81 bits per heavy atom. The molecule has 27 heavy (non-hydrogen) atoms. The van der Waals surface area contributed by atoms with Crippen molar-refractivity contribution in [3.63, 3.8) is 0 Å². The predicted octanol–water partition coefficient (Wildman–Crippen LogP) is 4.60. The molecule has 1 atom stereocenters. The number of aliphatic hydroxyl groups excluding tert-OH is 1. The van der Waals surface area contributed by atoms with E-state index >= 15 is 0 Å². The molecule has 5 heteroatoms. The van der Waals surface area contributed by atoms with Crippen LogP contribution in [0.15, 0.2) is 36.4 Å². The molecule has 1 heterocycles. The SMILES string of the molecule is C[C@H](O)c1ccc(C2(CNC(=O)C3(c4ccc(F)cc4)CC3)CCCC2)s1. The quantitative estimate of drug-likeness (QED) is 0.761. The van der Waals surface area contributed by atoms with Crippen molar-refractivity contribution in [3.05, 3.63) is 57.5 Å². The molecule has 1 aromatic heterocycles. The average molecular weight is 388 g/mol. The van der Waals surface area contributed by atoms with Gasteiger partial charge < -0.3 is 10.4 Å². The van der Waals surface area contributed by atoms with Gasteiger partial charge in [0.1, 0.15) is 5.82 Å². The van der Waals surface area contributed by atoms with Gasteiger partial charge in [-0.25, -0.2) is 4.39 Å². The van der Waals surface area contributed by atoms with Crippen molar-refractivity contribution >= 4 is 17.2 Å². The summed E-state index contributed by atoms with van der Waals surface area (Å²) >= 11 is 1.67. The van der Waals surface area contributed by atoms with E-state index < -0.39 is 11.5 Å². The van der Waals surface area contributed by atoms with Crippen LogP contribution in [0, 0.1) is 5.82 Å². The van der Waals surface area contributed by atoms with E-state index in [-0.39, 0.29) is 17.1 Å². The van der Waals surface area contributed by atoms with Gasteiger partial charge in [-0.2, -0.15) is 0 Å². The van der Waals surface area contributed by atoms with Crippen LogP contribution in [0.1, 0.15) is 66.9 Å². The monoisotopic (exact) mass is 387 g/mol. The second kappa shape index (κ2) is 7.02. The van der Waals surface area contributed by atoms with Crippen LogP contribution in [0.2, 0.25) is 0 Å². The summed E-state index contributed by atoms with van der Waals surface area (Å²) in [6.45, 7) is 2.42. The Balaban J connectivity index is 1.50. The molecule has 3 nitrogen and oxygen atoms in total. The lowest BCUT2D eigenvalue weighted by Crippen LogP contribution is -2.43. The van der Waals surface area contributed by atoms with Crippen LogP contribution < -0.4 is 5.32 Å². The molecule has 1 amide bonds. The minimum atomic E-state index is -0.478. The van der Waals surface area contributed by atoms with E-state index in [9.17, 15) is 14.3 Å². The first-order valence-corrected chi connectivity index (χ1v) is 10.6. The normalized spacial score (nSPS) is 21.0. The molecular weight excluding hydrogens is 361 g/mol. The van der Waals surface area contributed by atoms with Gasteiger partial charge in [0.2, 0.25) is 5.91 Å². The van der Waals surface area contributed by atoms with Crippen molar-refractivity contribution in [2.75, 3.05) is 6.54 Å². The van der Waals surface area contributed by atoms with Gasteiger partial charge >= 0.3 is 0 Å². The number of hydrogen-bond acceptors (Lipinski definition) is 3. The Kier molecular flexibility index (Phi) is 4.85. The van der Waals surface area contributed by atoms with E-state index in [1.165, 1.54) is 29.9 Å². The molecule has 1 aromatic carbocycles. The molecule has 0 aliphatic heterocycles. The van der Waals surface area contributed by atoms with Crippen molar-refractivity contribution in [1.29, 1.82) is 0 Å². The number of hydrogen-bond donors (Lipinski definition) is 2. The fraction of sp³-hybridized carbons (Fsp3) is 0.500. The van der Waals surface area contributed by atoms with Crippen LogP contribution in [-0.2, 0) is 15.6 Å². The molecule has 2 aromatic rings. The van der Waals surface area contributed by atoms with Crippen LogP contribution in [0.25, 0.3) is 0 Å². The summed E-state index contributed by atoms with van der Waals surface area (Å²) < 4.78 is 13.2. The third-order valence-electron chi connectivity index (χ3n) is 6.29. The number of aliphatic hydroxyl groups is 1. The zero-order chi connectivity index (χ0) is 19.1. The molecular formula is C22H26FNO2S. The van der Waals surface area contributed by atoms with Crippen LogP contribution in [0.4, 0.5) is 4.39 Å². The number of halogens is 1. The number of amides is 1. The third-order valence-corrected chi connectivity index (χ3v) is 7.79. The highest BCUT2D eigenvalue weighted by Crippen LogP contribution is 2.49.